The van der Waals surface area contributed by atoms with Crippen molar-refractivity contribution in [3.8, 4) is 5.75 Å². The van der Waals surface area contributed by atoms with E-state index in [4.69, 9.17) is 0 Å². The molecule has 0 saturated carbocycles. The Bertz CT molecular complexity index is 368. The van der Waals surface area contributed by atoms with Gasteiger partial charge in [0.1, 0.15) is 5.75 Å². The zero-order valence-corrected chi connectivity index (χ0v) is 10.6. The molecule has 88 valence electrons. The average Bonchev–Trinajstić information content (AvgIpc) is 2.28. The molecule has 0 radical (unpaired) electrons. The first-order valence-corrected chi connectivity index (χ1v) is 6.51. The van der Waals surface area contributed by atoms with Crippen LogP contribution in [-0.2, 0) is 0 Å². The molecule has 1 amide bonds. The summed E-state index contributed by atoms with van der Waals surface area (Å²) < 4.78 is 0. The van der Waals surface area contributed by atoms with Crippen LogP contribution >= 0.6 is 11.8 Å². The second kappa shape index (κ2) is 5.80. The third kappa shape index (κ3) is 2.92. The van der Waals surface area contributed by atoms with Crippen molar-refractivity contribution in [3.63, 3.8) is 0 Å². The summed E-state index contributed by atoms with van der Waals surface area (Å²) in [7, 11) is 1.76. The van der Waals surface area contributed by atoms with Crippen molar-refractivity contribution in [2.45, 2.75) is 13.0 Å². The smallest absolute Gasteiger partial charge is 0.257 e. The molecule has 1 atom stereocenters. The Hall–Kier alpha value is -1.16. The minimum Gasteiger partial charge on any atom is -0.507 e. The number of thioether (sulfide) groups is 1. The first-order chi connectivity index (χ1) is 7.57. The van der Waals surface area contributed by atoms with Crippen molar-refractivity contribution in [1.29, 1.82) is 0 Å². The highest BCUT2D eigenvalue weighted by molar-refractivity contribution is 7.98. The topological polar surface area (TPSA) is 40.5 Å². The number of phenolic OH excluding ortho intramolecular Hbond substituents is 1. The number of hydrogen-bond acceptors (Lipinski definition) is 3. The van der Waals surface area contributed by atoms with E-state index in [1.165, 1.54) is 6.07 Å². The van der Waals surface area contributed by atoms with E-state index < -0.39 is 0 Å². The van der Waals surface area contributed by atoms with Crippen molar-refractivity contribution in [1.82, 2.24) is 4.90 Å². The lowest BCUT2D eigenvalue weighted by Crippen LogP contribution is -2.36. The zero-order valence-electron chi connectivity index (χ0n) is 9.80. The maximum absolute atomic E-state index is 12.0. The summed E-state index contributed by atoms with van der Waals surface area (Å²) in [6.07, 6.45) is 2.01. The Labute approximate surface area is 100 Å². The van der Waals surface area contributed by atoms with E-state index in [2.05, 4.69) is 0 Å². The van der Waals surface area contributed by atoms with Crippen LogP contribution in [0, 0.1) is 0 Å². The van der Waals surface area contributed by atoms with Gasteiger partial charge in [-0.2, -0.15) is 11.8 Å². The Morgan fingerprint density at radius 1 is 1.50 bits per heavy atom. The van der Waals surface area contributed by atoms with Crippen molar-refractivity contribution < 1.29 is 9.90 Å². The van der Waals surface area contributed by atoms with Gasteiger partial charge >= 0.3 is 0 Å². The SMILES string of the molecule is CSCC(C)N(C)C(=O)c1ccccc1O. The molecule has 1 N–H and O–H groups in total. The fourth-order valence-corrected chi connectivity index (χ4v) is 2.10. The molecular formula is C12H17NO2S. The van der Waals surface area contributed by atoms with Gasteiger partial charge in [0.25, 0.3) is 5.91 Å². The number of hydrogen-bond donors (Lipinski definition) is 1. The summed E-state index contributed by atoms with van der Waals surface area (Å²) >= 11 is 1.70. The number of carbonyl (C=O) groups is 1. The normalized spacial score (nSPS) is 12.2. The summed E-state index contributed by atoms with van der Waals surface area (Å²) in [5.41, 5.74) is 0.359. The van der Waals surface area contributed by atoms with Crippen LogP contribution in [0.1, 0.15) is 17.3 Å². The predicted molar refractivity (Wildman–Crippen MR) is 68.0 cm³/mol. The fourth-order valence-electron chi connectivity index (χ4n) is 1.40. The molecular weight excluding hydrogens is 222 g/mol. The number of para-hydroxylation sites is 1. The second-order valence-corrected chi connectivity index (χ2v) is 4.65. The molecule has 0 fully saturated rings. The summed E-state index contributed by atoms with van der Waals surface area (Å²) in [6, 6.07) is 6.78. The highest BCUT2D eigenvalue weighted by Crippen LogP contribution is 2.18. The van der Waals surface area contributed by atoms with Gasteiger partial charge in [0.15, 0.2) is 0 Å². The Morgan fingerprint density at radius 2 is 2.12 bits per heavy atom. The first kappa shape index (κ1) is 12.9. The van der Waals surface area contributed by atoms with Gasteiger partial charge in [-0.3, -0.25) is 4.79 Å². The summed E-state index contributed by atoms with van der Waals surface area (Å²) in [4.78, 5) is 13.7. The maximum Gasteiger partial charge on any atom is 0.257 e. The van der Waals surface area contributed by atoms with Gasteiger partial charge in [0, 0.05) is 18.8 Å². The van der Waals surface area contributed by atoms with Gasteiger partial charge < -0.3 is 10.0 Å². The fraction of sp³-hybridized carbons (Fsp3) is 0.417. The molecule has 0 saturated heterocycles. The standard InChI is InChI=1S/C12H17NO2S/c1-9(8-16-3)13(2)12(15)10-6-4-5-7-11(10)14/h4-7,9,14H,8H2,1-3H3. The van der Waals surface area contributed by atoms with Crippen LogP contribution in [0.2, 0.25) is 0 Å². The van der Waals surface area contributed by atoms with Crippen molar-refractivity contribution in [2.75, 3.05) is 19.1 Å². The lowest BCUT2D eigenvalue weighted by Gasteiger charge is -2.24. The Balaban J connectivity index is 2.82. The van der Waals surface area contributed by atoms with Gasteiger partial charge in [-0.1, -0.05) is 12.1 Å². The average molecular weight is 239 g/mol. The van der Waals surface area contributed by atoms with Crippen LogP contribution in [0.5, 0.6) is 5.75 Å². The molecule has 0 bridgehead atoms. The molecule has 0 spiro atoms. The quantitative estimate of drug-likeness (QED) is 0.875. The second-order valence-electron chi connectivity index (χ2n) is 3.74. The van der Waals surface area contributed by atoms with Crippen LogP contribution in [0.25, 0.3) is 0 Å². The molecule has 1 unspecified atom stereocenters. The van der Waals surface area contributed by atoms with E-state index in [-0.39, 0.29) is 17.7 Å². The van der Waals surface area contributed by atoms with E-state index in [1.54, 1.807) is 41.9 Å². The molecule has 1 aromatic rings. The van der Waals surface area contributed by atoms with E-state index in [0.29, 0.717) is 5.56 Å². The number of phenols is 1. The van der Waals surface area contributed by atoms with Crippen LogP contribution in [0.3, 0.4) is 0 Å². The first-order valence-electron chi connectivity index (χ1n) is 5.12. The van der Waals surface area contributed by atoms with Crippen LogP contribution in [0.4, 0.5) is 0 Å². The van der Waals surface area contributed by atoms with Gasteiger partial charge in [-0.15, -0.1) is 0 Å². The number of benzene rings is 1. The molecule has 1 aromatic carbocycles. The number of aromatic hydroxyl groups is 1. The lowest BCUT2D eigenvalue weighted by atomic mass is 10.1. The maximum atomic E-state index is 12.0. The lowest BCUT2D eigenvalue weighted by molar-refractivity contribution is 0.0754. The van der Waals surface area contributed by atoms with E-state index >= 15 is 0 Å². The van der Waals surface area contributed by atoms with Crippen molar-refractivity contribution in [3.05, 3.63) is 29.8 Å². The molecule has 16 heavy (non-hydrogen) atoms. The highest BCUT2D eigenvalue weighted by atomic mass is 32.2. The number of nitrogens with zero attached hydrogens (tertiary/aromatic N) is 1. The minimum absolute atomic E-state index is 0.0377. The Morgan fingerprint density at radius 3 is 2.69 bits per heavy atom. The zero-order chi connectivity index (χ0) is 12.1. The number of amides is 1. The predicted octanol–water partition coefficient (Wildman–Crippen LogP) is 2.22. The van der Waals surface area contributed by atoms with Gasteiger partial charge in [-0.05, 0) is 25.3 Å². The van der Waals surface area contributed by atoms with E-state index in [1.807, 2.05) is 13.2 Å². The molecule has 0 heterocycles. The van der Waals surface area contributed by atoms with Crippen LogP contribution in [0.15, 0.2) is 24.3 Å². The van der Waals surface area contributed by atoms with E-state index in [9.17, 15) is 9.90 Å². The van der Waals surface area contributed by atoms with Gasteiger partial charge in [0.05, 0.1) is 5.56 Å². The van der Waals surface area contributed by atoms with Crippen LogP contribution < -0.4 is 0 Å². The number of rotatable bonds is 4. The summed E-state index contributed by atoms with van der Waals surface area (Å²) in [5.74, 6) is 0.783. The van der Waals surface area contributed by atoms with E-state index in [0.717, 1.165) is 5.75 Å². The summed E-state index contributed by atoms with van der Waals surface area (Å²) in [6.45, 7) is 1.99. The van der Waals surface area contributed by atoms with Gasteiger partial charge in [-0.25, -0.2) is 0 Å². The summed E-state index contributed by atoms with van der Waals surface area (Å²) in [5, 5.41) is 9.59. The monoisotopic (exact) mass is 239 g/mol. The van der Waals surface area contributed by atoms with Crippen molar-refractivity contribution >= 4 is 17.7 Å². The third-order valence-corrected chi connectivity index (χ3v) is 3.34. The molecule has 0 aliphatic carbocycles. The molecule has 0 aliphatic heterocycles. The molecule has 1 rings (SSSR count). The number of carbonyl (C=O) groups excluding carboxylic acids is 1. The van der Waals surface area contributed by atoms with Crippen molar-refractivity contribution in [2.24, 2.45) is 0 Å². The molecule has 0 aliphatic rings. The van der Waals surface area contributed by atoms with Gasteiger partial charge in [0.2, 0.25) is 0 Å². The van der Waals surface area contributed by atoms with Crippen LogP contribution in [-0.4, -0.2) is 41.0 Å². The Kier molecular flexibility index (Phi) is 4.68. The largest absolute Gasteiger partial charge is 0.507 e. The molecule has 3 nitrogen and oxygen atoms in total. The third-order valence-electron chi connectivity index (χ3n) is 2.52. The molecule has 4 heteroatoms. The minimum atomic E-state index is -0.139. The molecule has 0 aromatic heterocycles. The highest BCUT2D eigenvalue weighted by Gasteiger charge is 2.19.